The van der Waals surface area contributed by atoms with Gasteiger partial charge in [0.15, 0.2) is 17.3 Å². The van der Waals surface area contributed by atoms with E-state index >= 15 is 0 Å². The molecule has 1 aromatic heterocycles. The van der Waals surface area contributed by atoms with Crippen LogP contribution >= 0.6 is 0 Å². The molecule has 0 saturated carbocycles. The number of piperazine rings is 1. The van der Waals surface area contributed by atoms with Crippen molar-refractivity contribution in [2.45, 2.75) is 26.4 Å². The molecular formula is C29H34N6O2. The van der Waals surface area contributed by atoms with E-state index in [1.165, 1.54) is 16.8 Å². The van der Waals surface area contributed by atoms with Gasteiger partial charge in [-0.1, -0.05) is 54.6 Å². The lowest BCUT2D eigenvalue weighted by Crippen LogP contribution is -2.48. The van der Waals surface area contributed by atoms with Crippen molar-refractivity contribution in [1.82, 2.24) is 25.1 Å². The van der Waals surface area contributed by atoms with Crippen LogP contribution in [0.15, 0.2) is 66.7 Å². The molecule has 192 valence electrons. The molecule has 0 radical (unpaired) electrons. The zero-order valence-electron chi connectivity index (χ0n) is 22.0. The Morgan fingerprint density at radius 3 is 2.38 bits per heavy atom. The number of tetrazole rings is 1. The summed E-state index contributed by atoms with van der Waals surface area (Å²) in [7, 11) is 3.35. The monoisotopic (exact) mass is 498 g/mol. The molecule has 8 nitrogen and oxygen atoms in total. The average Bonchev–Trinajstić information content (AvgIpc) is 3.38. The van der Waals surface area contributed by atoms with E-state index in [1.54, 1.807) is 14.2 Å². The van der Waals surface area contributed by atoms with Crippen molar-refractivity contribution >= 4 is 5.69 Å². The van der Waals surface area contributed by atoms with E-state index in [9.17, 15) is 0 Å². The Kier molecular flexibility index (Phi) is 7.37. The standard InChI is InChI=1S/C29H34N6O2/c1-21-13-14-22(2)25(19-21)33-15-17-34(18-16-33)27(24-11-8-12-26(36-3)28(24)37-4)29-30-31-32-35(29)20-23-9-6-5-7-10-23/h5-14,19,27H,15-18,20H2,1-4H3. The van der Waals surface area contributed by atoms with Gasteiger partial charge in [-0.2, -0.15) is 0 Å². The molecular weight excluding hydrogens is 464 g/mol. The number of para-hydroxylation sites is 1. The van der Waals surface area contributed by atoms with Crippen LogP contribution in [0, 0.1) is 13.8 Å². The number of aromatic nitrogens is 4. The molecule has 0 spiro atoms. The summed E-state index contributed by atoms with van der Waals surface area (Å²) in [6, 6.07) is 22.8. The Morgan fingerprint density at radius 2 is 1.65 bits per heavy atom. The Bertz CT molecular complexity index is 1330. The molecule has 0 aliphatic carbocycles. The minimum Gasteiger partial charge on any atom is -0.493 e. The highest BCUT2D eigenvalue weighted by molar-refractivity contribution is 5.55. The van der Waals surface area contributed by atoms with Gasteiger partial charge in [-0.3, -0.25) is 4.90 Å². The largest absolute Gasteiger partial charge is 0.493 e. The third-order valence-corrected chi connectivity index (χ3v) is 7.09. The molecule has 1 aliphatic heterocycles. The molecule has 0 N–H and O–H groups in total. The highest BCUT2D eigenvalue weighted by Gasteiger charge is 2.33. The maximum atomic E-state index is 5.87. The predicted octanol–water partition coefficient (Wildman–Crippen LogP) is 4.27. The van der Waals surface area contributed by atoms with Gasteiger partial charge in [-0.05, 0) is 53.1 Å². The molecule has 8 heteroatoms. The normalized spacial score (nSPS) is 15.0. The second kappa shape index (κ2) is 11.0. The lowest BCUT2D eigenvalue weighted by Gasteiger charge is -2.40. The first kappa shape index (κ1) is 24.8. The zero-order valence-corrected chi connectivity index (χ0v) is 22.0. The first-order chi connectivity index (χ1) is 18.1. The Balaban J connectivity index is 1.50. The van der Waals surface area contributed by atoms with Gasteiger partial charge in [0, 0.05) is 37.4 Å². The Labute approximate surface area is 218 Å². The first-order valence-corrected chi connectivity index (χ1v) is 12.7. The van der Waals surface area contributed by atoms with Gasteiger partial charge in [0.05, 0.1) is 20.8 Å². The number of hydrogen-bond donors (Lipinski definition) is 0. The van der Waals surface area contributed by atoms with E-state index in [-0.39, 0.29) is 6.04 Å². The van der Waals surface area contributed by atoms with Crippen molar-refractivity contribution in [2.75, 3.05) is 45.3 Å². The molecule has 3 aromatic carbocycles. The molecule has 1 aliphatic rings. The van der Waals surface area contributed by atoms with Crippen molar-refractivity contribution in [3.05, 3.63) is 94.8 Å². The fourth-order valence-electron chi connectivity index (χ4n) is 5.18. The lowest BCUT2D eigenvalue weighted by molar-refractivity contribution is 0.197. The molecule has 0 bridgehead atoms. The summed E-state index contributed by atoms with van der Waals surface area (Å²) in [5.74, 6) is 2.19. The van der Waals surface area contributed by atoms with Crippen molar-refractivity contribution in [1.29, 1.82) is 0 Å². The van der Waals surface area contributed by atoms with E-state index in [1.807, 2.05) is 35.0 Å². The summed E-state index contributed by atoms with van der Waals surface area (Å²) in [5, 5.41) is 13.0. The Hall–Kier alpha value is -3.91. The first-order valence-electron chi connectivity index (χ1n) is 12.7. The van der Waals surface area contributed by atoms with Crippen LogP contribution in [0.25, 0.3) is 0 Å². The van der Waals surface area contributed by atoms with Crippen LogP contribution in [0.1, 0.15) is 34.1 Å². The summed E-state index contributed by atoms with van der Waals surface area (Å²) in [4.78, 5) is 4.93. The SMILES string of the molecule is COc1cccc(C(c2nnnn2Cc2ccccc2)N2CCN(c3cc(C)ccc3C)CC2)c1OC. The van der Waals surface area contributed by atoms with Gasteiger partial charge >= 0.3 is 0 Å². The van der Waals surface area contributed by atoms with Crippen LogP contribution in [-0.2, 0) is 6.54 Å². The molecule has 5 rings (SSSR count). The number of hydrogen-bond acceptors (Lipinski definition) is 7. The van der Waals surface area contributed by atoms with Crippen molar-refractivity contribution < 1.29 is 9.47 Å². The summed E-state index contributed by atoms with van der Waals surface area (Å²) in [5.41, 5.74) is 6.03. The summed E-state index contributed by atoms with van der Waals surface area (Å²) >= 11 is 0. The third-order valence-electron chi connectivity index (χ3n) is 7.09. The molecule has 1 atom stereocenters. The minimum atomic E-state index is -0.190. The molecule has 2 heterocycles. The highest BCUT2D eigenvalue weighted by atomic mass is 16.5. The number of benzene rings is 3. The molecule has 1 unspecified atom stereocenters. The van der Waals surface area contributed by atoms with E-state index in [0.29, 0.717) is 18.0 Å². The third kappa shape index (κ3) is 5.15. The molecule has 37 heavy (non-hydrogen) atoms. The number of aryl methyl sites for hydroxylation is 2. The number of rotatable bonds is 8. The molecule has 1 saturated heterocycles. The predicted molar refractivity (Wildman–Crippen MR) is 144 cm³/mol. The van der Waals surface area contributed by atoms with Crippen molar-refractivity contribution in [3.63, 3.8) is 0 Å². The van der Waals surface area contributed by atoms with Gasteiger partial charge in [-0.15, -0.1) is 5.10 Å². The van der Waals surface area contributed by atoms with Crippen LogP contribution in [0.2, 0.25) is 0 Å². The quantitative estimate of drug-likeness (QED) is 0.359. The van der Waals surface area contributed by atoms with Crippen molar-refractivity contribution in [3.8, 4) is 11.5 Å². The fraction of sp³-hybridized carbons (Fsp3) is 0.345. The average molecular weight is 499 g/mol. The number of ether oxygens (including phenoxy) is 2. The molecule has 0 amide bonds. The van der Waals surface area contributed by atoms with Gasteiger partial charge in [0.2, 0.25) is 0 Å². The van der Waals surface area contributed by atoms with Crippen LogP contribution in [0.3, 0.4) is 0 Å². The van der Waals surface area contributed by atoms with Crippen LogP contribution in [-0.4, -0.2) is 65.5 Å². The van der Waals surface area contributed by atoms with E-state index in [2.05, 4.69) is 75.6 Å². The number of nitrogens with zero attached hydrogens (tertiary/aromatic N) is 6. The van der Waals surface area contributed by atoms with Crippen LogP contribution < -0.4 is 14.4 Å². The maximum Gasteiger partial charge on any atom is 0.173 e. The van der Waals surface area contributed by atoms with E-state index in [4.69, 9.17) is 9.47 Å². The zero-order chi connectivity index (χ0) is 25.8. The number of anilines is 1. The lowest BCUT2D eigenvalue weighted by atomic mass is 10.0. The van der Waals surface area contributed by atoms with Crippen molar-refractivity contribution in [2.24, 2.45) is 0 Å². The van der Waals surface area contributed by atoms with Gasteiger partial charge in [0.25, 0.3) is 0 Å². The topological polar surface area (TPSA) is 68.5 Å². The molecule has 1 fully saturated rings. The van der Waals surface area contributed by atoms with E-state index < -0.39 is 0 Å². The number of methoxy groups -OCH3 is 2. The van der Waals surface area contributed by atoms with Gasteiger partial charge in [-0.25, -0.2) is 4.68 Å². The van der Waals surface area contributed by atoms with Crippen LogP contribution in [0.4, 0.5) is 5.69 Å². The minimum absolute atomic E-state index is 0.190. The highest BCUT2D eigenvalue weighted by Crippen LogP contribution is 2.40. The van der Waals surface area contributed by atoms with Gasteiger partial charge < -0.3 is 14.4 Å². The van der Waals surface area contributed by atoms with Crippen LogP contribution in [0.5, 0.6) is 11.5 Å². The summed E-state index contributed by atoms with van der Waals surface area (Å²) in [6.07, 6.45) is 0. The second-order valence-corrected chi connectivity index (χ2v) is 9.48. The second-order valence-electron chi connectivity index (χ2n) is 9.48. The summed E-state index contributed by atoms with van der Waals surface area (Å²) in [6.45, 7) is 8.46. The maximum absolute atomic E-state index is 5.87. The fourth-order valence-corrected chi connectivity index (χ4v) is 5.18. The Morgan fingerprint density at radius 1 is 0.865 bits per heavy atom. The molecule has 4 aromatic rings. The van der Waals surface area contributed by atoms with Gasteiger partial charge in [0.1, 0.15) is 6.04 Å². The van der Waals surface area contributed by atoms with E-state index in [0.717, 1.165) is 43.1 Å². The summed E-state index contributed by atoms with van der Waals surface area (Å²) < 4.78 is 13.4. The smallest absolute Gasteiger partial charge is 0.173 e.